The van der Waals surface area contributed by atoms with Crippen LogP contribution in [0.25, 0.3) is 11.0 Å². The molecule has 0 radical (unpaired) electrons. The summed E-state index contributed by atoms with van der Waals surface area (Å²) in [5.74, 6) is 8.42. The Morgan fingerprint density at radius 3 is 2.61 bits per heavy atom. The predicted octanol–water partition coefficient (Wildman–Crippen LogP) is 2.91. The summed E-state index contributed by atoms with van der Waals surface area (Å²) in [5, 5.41) is 14.8. The average molecular weight is 446 g/mol. The largest absolute Gasteiger partial charge is 0.497 e. The second-order valence-electron chi connectivity index (χ2n) is 7.82. The van der Waals surface area contributed by atoms with Crippen molar-refractivity contribution in [2.45, 2.75) is 18.9 Å². The number of benzene rings is 1. The Kier molecular flexibility index (Phi) is 6.91. The van der Waals surface area contributed by atoms with Gasteiger partial charge in [-0.1, -0.05) is 18.4 Å². The molecule has 8 nitrogen and oxygen atoms in total. The van der Waals surface area contributed by atoms with Crippen molar-refractivity contribution < 1.29 is 14.3 Å². The molecule has 3 aromatic rings. The number of nitrogens with one attached hydrogen (secondary N) is 3. The maximum absolute atomic E-state index is 12.7. The number of ketones is 1. The van der Waals surface area contributed by atoms with Crippen molar-refractivity contribution in [1.29, 1.82) is 0 Å². The molecule has 0 amide bonds. The summed E-state index contributed by atoms with van der Waals surface area (Å²) in [6.07, 6.45) is 4.87. The monoisotopic (exact) mass is 445 g/mol. The van der Waals surface area contributed by atoms with Crippen LogP contribution in [0.2, 0.25) is 0 Å². The molecule has 0 bridgehead atoms. The van der Waals surface area contributed by atoms with Gasteiger partial charge in [0.1, 0.15) is 11.5 Å². The molecule has 1 aliphatic heterocycles. The standard InChI is InChI=1S/C25H27N5O3/c1-4-21(31)23(18-7-10-26-11-8-18)28-25-22-17(9-12-27-24(22)29-30-25)6-5-16-13-19(32-2)15-20(14-16)33-3/h4,9,12-15,18,23,26H,1,7-8,10-11H2,2-3H3,(H2,27,28,29,30). The molecule has 1 aromatic carbocycles. The number of pyridine rings is 1. The number of anilines is 1. The number of carbonyl (C=O) groups is 1. The van der Waals surface area contributed by atoms with Crippen LogP contribution < -0.4 is 20.1 Å². The summed E-state index contributed by atoms with van der Waals surface area (Å²) in [6.45, 7) is 5.46. The highest BCUT2D eigenvalue weighted by Crippen LogP contribution is 2.27. The topological polar surface area (TPSA) is 101 Å². The molecular weight excluding hydrogens is 418 g/mol. The van der Waals surface area contributed by atoms with Gasteiger partial charge in [0, 0.05) is 23.4 Å². The number of hydrogen-bond acceptors (Lipinski definition) is 7. The molecule has 3 N–H and O–H groups in total. The van der Waals surface area contributed by atoms with Gasteiger partial charge in [-0.05, 0) is 56.1 Å². The number of methoxy groups -OCH3 is 2. The number of H-pyrrole nitrogens is 1. The Bertz CT molecular complexity index is 1200. The lowest BCUT2D eigenvalue weighted by Crippen LogP contribution is -2.42. The quantitative estimate of drug-likeness (QED) is 0.380. The number of fused-ring (bicyclic) bond motifs is 1. The molecule has 1 atom stereocenters. The summed E-state index contributed by atoms with van der Waals surface area (Å²) in [6, 6.07) is 6.92. The van der Waals surface area contributed by atoms with Gasteiger partial charge < -0.3 is 20.1 Å². The molecule has 170 valence electrons. The van der Waals surface area contributed by atoms with E-state index in [1.165, 1.54) is 6.08 Å². The van der Waals surface area contributed by atoms with E-state index in [0.717, 1.165) is 42.4 Å². The molecule has 3 heterocycles. The molecule has 8 heteroatoms. The van der Waals surface area contributed by atoms with E-state index in [0.29, 0.717) is 23.0 Å². The van der Waals surface area contributed by atoms with E-state index in [9.17, 15) is 4.79 Å². The van der Waals surface area contributed by atoms with Crippen molar-refractivity contribution in [3.8, 4) is 23.3 Å². The van der Waals surface area contributed by atoms with E-state index in [-0.39, 0.29) is 11.7 Å². The minimum atomic E-state index is -0.403. The number of piperidine rings is 1. The first-order chi connectivity index (χ1) is 16.1. The van der Waals surface area contributed by atoms with Crippen LogP contribution in [-0.2, 0) is 4.79 Å². The molecule has 4 rings (SSSR count). The minimum Gasteiger partial charge on any atom is -0.497 e. The van der Waals surface area contributed by atoms with Crippen LogP contribution in [-0.4, -0.2) is 54.3 Å². The Morgan fingerprint density at radius 2 is 1.94 bits per heavy atom. The first kappa shape index (κ1) is 22.4. The third kappa shape index (κ3) is 4.99. The van der Waals surface area contributed by atoms with Gasteiger partial charge in [0.25, 0.3) is 0 Å². The summed E-state index contributed by atoms with van der Waals surface area (Å²) >= 11 is 0. The summed E-state index contributed by atoms with van der Waals surface area (Å²) in [5.41, 5.74) is 2.10. The van der Waals surface area contributed by atoms with Crippen molar-refractivity contribution in [2.24, 2.45) is 5.92 Å². The van der Waals surface area contributed by atoms with Gasteiger partial charge in [-0.15, -0.1) is 0 Å². The van der Waals surface area contributed by atoms with Gasteiger partial charge in [-0.25, -0.2) is 4.98 Å². The van der Waals surface area contributed by atoms with Crippen LogP contribution in [0, 0.1) is 17.8 Å². The number of aromatic nitrogens is 3. The van der Waals surface area contributed by atoms with Crippen molar-refractivity contribution >= 4 is 22.6 Å². The highest BCUT2D eigenvalue weighted by atomic mass is 16.5. The summed E-state index contributed by atoms with van der Waals surface area (Å²) in [4.78, 5) is 17.1. The van der Waals surface area contributed by atoms with Crippen LogP contribution in [0.5, 0.6) is 11.5 Å². The van der Waals surface area contributed by atoms with Crippen molar-refractivity contribution in [3.05, 3.63) is 54.2 Å². The lowest BCUT2D eigenvalue weighted by molar-refractivity contribution is -0.116. The zero-order valence-electron chi connectivity index (χ0n) is 18.8. The smallest absolute Gasteiger partial charge is 0.177 e. The molecule has 1 aliphatic rings. The fourth-order valence-corrected chi connectivity index (χ4v) is 4.05. The lowest BCUT2D eigenvalue weighted by Gasteiger charge is -2.29. The van der Waals surface area contributed by atoms with Gasteiger partial charge in [-0.3, -0.25) is 9.89 Å². The molecule has 0 spiro atoms. The number of aromatic amines is 1. The van der Waals surface area contributed by atoms with Gasteiger partial charge in [0.15, 0.2) is 17.2 Å². The van der Waals surface area contributed by atoms with E-state index in [4.69, 9.17) is 9.47 Å². The molecule has 1 unspecified atom stereocenters. The Morgan fingerprint density at radius 1 is 1.21 bits per heavy atom. The predicted molar refractivity (Wildman–Crippen MR) is 128 cm³/mol. The van der Waals surface area contributed by atoms with E-state index in [2.05, 4.69) is 44.2 Å². The lowest BCUT2D eigenvalue weighted by atomic mass is 9.87. The Balaban J connectivity index is 1.70. The van der Waals surface area contributed by atoms with E-state index < -0.39 is 6.04 Å². The number of rotatable bonds is 7. The molecule has 33 heavy (non-hydrogen) atoms. The highest BCUT2D eigenvalue weighted by molar-refractivity contribution is 5.99. The van der Waals surface area contributed by atoms with Gasteiger partial charge in [0.05, 0.1) is 25.6 Å². The number of nitrogens with zero attached hydrogens (tertiary/aromatic N) is 2. The van der Waals surface area contributed by atoms with E-state index >= 15 is 0 Å². The highest BCUT2D eigenvalue weighted by Gasteiger charge is 2.29. The zero-order valence-corrected chi connectivity index (χ0v) is 18.8. The third-order valence-corrected chi connectivity index (χ3v) is 5.81. The fourth-order valence-electron chi connectivity index (χ4n) is 4.05. The second-order valence-corrected chi connectivity index (χ2v) is 7.82. The zero-order chi connectivity index (χ0) is 23.2. The number of ether oxygens (including phenoxy) is 2. The third-order valence-electron chi connectivity index (χ3n) is 5.81. The normalized spacial score (nSPS) is 14.7. The molecule has 1 saturated heterocycles. The summed E-state index contributed by atoms with van der Waals surface area (Å²) in [7, 11) is 3.20. The van der Waals surface area contributed by atoms with Crippen LogP contribution in [0.4, 0.5) is 5.82 Å². The molecular formula is C25H27N5O3. The summed E-state index contributed by atoms with van der Waals surface area (Å²) < 4.78 is 10.7. The van der Waals surface area contributed by atoms with Crippen LogP contribution in [0.15, 0.2) is 43.1 Å². The second kappa shape index (κ2) is 10.2. The number of hydrogen-bond donors (Lipinski definition) is 3. The molecule has 0 saturated carbocycles. The Hall–Kier alpha value is -3.83. The fraction of sp³-hybridized carbons (Fsp3) is 0.320. The van der Waals surface area contributed by atoms with Crippen molar-refractivity contribution in [2.75, 3.05) is 32.6 Å². The Labute approximate surface area is 192 Å². The average Bonchev–Trinajstić information content (AvgIpc) is 3.29. The molecule has 2 aromatic heterocycles. The SMILES string of the molecule is C=CC(=O)C(Nc1n[nH]c2nccc(C#Cc3cc(OC)cc(OC)c3)c12)C1CCNCC1. The van der Waals surface area contributed by atoms with E-state index in [1.807, 2.05) is 18.2 Å². The van der Waals surface area contributed by atoms with Crippen molar-refractivity contribution in [3.63, 3.8) is 0 Å². The maximum atomic E-state index is 12.7. The minimum absolute atomic E-state index is 0.0435. The van der Waals surface area contributed by atoms with Crippen LogP contribution in [0.3, 0.4) is 0 Å². The van der Waals surface area contributed by atoms with Gasteiger partial charge >= 0.3 is 0 Å². The van der Waals surface area contributed by atoms with Crippen LogP contribution in [0.1, 0.15) is 24.0 Å². The number of carbonyl (C=O) groups excluding carboxylic acids is 1. The van der Waals surface area contributed by atoms with Gasteiger partial charge in [-0.2, -0.15) is 5.10 Å². The maximum Gasteiger partial charge on any atom is 0.177 e. The first-order valence-electron chi connectivity index (χ1n) is 10.8. The van der Waals surface area contributed by atoms with Gasteiger partial charge in [0.2, 0.25) is 0 Å². The first-order valence-corrected chi connectivity index (χ1v) is 10.8. The van der Waals surface area contributed by atoms with E-state index in [1.54, 1.807) is 26.5 Å². The molecule has 0 aliphatic carbocycles. The molecule has 1 fully saturated rings. The van der Waals surface area contributed by atoms with Crippen molar-refractivity contribution in [1.82, 2.24) is 20.5 Å². The van der Waals surface area contributed by atoms with Crippen LogP contribution >= 0.6 is 0 Å².